The minimum absolute atomic E-state index is 0.0872. The second-order valence-corrected chi connectivity index (χ2v) is 9.94. The Morgan fingerprint density at radius 2 is 1.83 bits per heavy atom. The summed E-state index contributed by atoms with van der Waals surface area (Å²) in [5, 5.41) is 3.89. The number of aromatic nitrogens is 1. The van der Waals surface area contributed by atoms with Gasteiger partial charge < -0.3 is 25.6 Å². The van der Waals surface area contributed by atoms with Crippen LogP contribution >= 0.6 is 0 Å². The van der Waals surface area contributed by atoms with Gasteiger partial charge in [0, 0.05) is 54.9 Å². The van der Waals surface area contributed by atoms with Crippen molar-refractivity contribution in [2.75, 3.05) is 51.7 Å². The number of rotatable bonds is 11. The molecule has 0 aliphatic heterocycles. The maximum absolute atomic E-state index is 13.8. The van der Waals surface area contributed by atoms with Crippen LogP contribution in [-0.2, 0) is 12.7 Å². The van der Waals surface area contributed by atoms with Crippen molar-refractivity contribution in [2.45, 2.75) is 19.6 Å². The number of aryl methyl sites for hydroxylation is 1. The van der Waals surface area contributed by atoms with E-state index < -0.39 is 17.6 Å². The number of halogens is 3. The number of amides is 1. The van der Waals surface area contributed by atoms with Gasteiger partial charge in [-0.3, -0.25) is 14.8 Å². The van der Waals surface area contributed by atoms with Crippen LogP contribution < -0.4 is 26.6 Å². The van der Waals surface area contributed by atoms with E-state index in [1.807, 2.05) is 30.9 Å². The topological polar surface area (TPSA) is 113 Å². The number of ether oxygens (including phenoxy) is 1. The van der Waals surface area contributed by atoms with Gasteiger partial charge in [0.25, 0.3) is 5.91 Å². The highest BCUT2D eigenvalue weighted by molar-refractivity contribution is 6.06. The van der Waals surface area contributed by atoms with Crippen LogP contribution in [0, 0.1) is 6.92 Å². The number of alkyl halides is 3. The van der Waals surface area contributed by atoms with Gasteiger partial charge in [-0.15, -0.1) is 0 Å². The van der Waals surface area contributed by atoms with E-state index in [0.29, 0.717) is 29.1 Å². The zero-order chi connectivity index (χ0) is 30.3. The summed E-state index contributed by atoms with van der Waals surface area (Å²) in [5.74, 6) is 5.78. The molecule has 0 radical (unpaired) electrons. The third-order valence-electron chi connectivity index (χ3n) is 6.34. The van der Waals surface area contributed by atoms with Crippen molar-refractivity contribution in [3.8, 4) is 5.75 Å². The maximum atomic E-state index is 13.8. The molecule has 0 fully saturated rings. The van der Waals surface area contributed by atoms with Crippen molar-refractivity contribution >= 4 is 23.0 Å². The smallest absolute Gasteiger partial charge is 0.416 e. The minimum Gasteiger partial charge on any atom is -0.494 e. The van der Waals surface area contributed by atoms with Gasteiger partial charge in [-0.2, -0.15) is 13.2 Å². The number of carbonyl (C=O) groups excluding carboxylic acids is 1. The molecule has 0 atom stereocenters. The van der Waals surface area contributed by atoms with Gasteiger partial charge >= 0.3 is 6.18 Å². The summed E-state index contributed by atoms with van der Waals surface area (Å²) in [7, 11) is 7.00. The van der Waals surface area contributed by atoms with Gasteiger partial charge in [0.15, 0.2) is 0 Å². The summed E-state index contributed by atoms with van der Waals surface area (Å²) < 4.78 is 47.0. The van der Waals surface area contributed by atoms with Crippen LogP contribution in [0.15, 0.2) is 61.1 Å². The van der Waals surface area contributed by atoms with Gasteiger partial charge in [0.1, 0.15) is 5.75 Å². The SMILES string of the molecule is COc1c(CN(C)CCN(C)C)cc(C(F)(F)F)cc1NC(=O)c1ccc(C)c(N(N)/C=C(\N)c2cccnc2)c1. The molecule has 0 spiro atoms. The molecule has 9 nitrogen and oxygen atoms in total. The Hall–Kier alpha value is -4.13. The van der Waals surface area contributed by atoms with E-state index in [1.165, 1.54) is 24.4 Å². The Bertz CT molecular complexity index is 1380. The number of pyridine rings is 1. The Morgan fingerprint density at radius 3 is 2.44 bits per heavy atom. The standard InChI is InChI=1S/C29H36F3N7O2/c1-19-8-9-20(14-26(19)39(34)18-24(33)21-7-6-10-35-16-21)28(40)36-25-15-23(29(30,31)32)13-22(27(25)41-5)17-38(4)12-11-37(2)3/h6-10,13-16,18H,11-12,17,33-34H2,1-5H3,(H,36,40)/b24-18-. The second-order valence-electron chi connectivity index (χ2n) is 9.94. The second kappa shape index (κ2) is 13.5. The highest BCUT2D eigenvalue weighted by Crippen LogP contribution is 2.38. The fourth-order valence-electron chi connectivity index (χ4n) is 4.10. The summed E-state index contributed by atoms with van der Waals surface area (Å²) in [6.45, 7) is 3.33. The number of nitrogens with two attached hydrogens (primary N) is 2. The van der Waals surface area contributed by atoms with Crippen molar-refractivity contribution in [1.82, 2.24) is 14.8 Å². The molecular weight excluding hydrogens is 535 g/mol. The summed E-state index contributed by atoms with van der Waals surface area (Å²) in [4.78, 5) is 21.2. The van der Waals surface area contributed by atoms with Crippen molar-refractivity contribution < 1.29 is 22.7 Å². The molecule has 220 valence electrons. The molecule has 12 heteroatoms. The first-order valence-corrected chi connectivity index (χ1v) is 12.7. The van der Waals surface area contributed by atoms with Crippen molar-refractivity contribution in [2.24, 2.45) is 11.6 Å². The maximum Gasteiger partial charge on any atom is 0.416 e. The number of benzene rings is 2. The van der Waals surface area contributed by atoms with Crippen LogP contribution in [-0.4, -0.2) is 62.0 Å². The zero-order valence-electron chi connectivity index (χ0n) is 23.8. The molecule has 3 aromatic rings. The minimum atomic E-state index is -4.62. The highest BCUT2D eigenvalue weighted by atomic mass is 19.4. The number of nitrogens with one attached hydrogen (secondary N) is 1. The first-order valence-electron chi connectivity index (χ1n) is 12.7. The molecule has 0 aliphatic rings. The van der Waals surface area contributed by atoms with Crippen molar-refractivity contribution in [1.29, 1.82) is 0 Å². The van der Waals surface area contributed by atoms with Crippen LogP contribution in [0.25, 0.3) is 5.70 Å². The van der Waals surface area contributed by atoms with E-state index in [-0.39, 0.29) is 23.5 Å². The molecule has 41 heavy (non-hydrogen) atoms. The largest absolute Gasteiger partial charge is 0.494 e. The summed E-state index contributed by atoms with van der Waals surface area (Å²) in [6, 6.07) is 10.2. The van der Waals surface area contributed by atoms with Crippen LogP contribution in [0.1, 0.15) is 32.6 Å². The van der Waals surface area contributed by atoms with Crippen LogP contribution in [0.5, 0.6) is 5.75 Å². The van der Waals surface area contributed by atoms with E-state index in [4.69, 9.17) is 16.3 Å². The number of nitrogens with zero attached hydrogens (tertiary/aromatic N) is 4. The normalized spacial score (nSPS) is 12.1. The molecule has 0 bridgehead atoms. The van der Waals surface area contributed by atoms with Gasteiger partial charge in [-0.25, -0.2) is 5.84 Å². The Kier molecular flexibility index (Phi) is 10.3. The van der Waals surface area contributed by atoms with Crippen molar-refractivity contribution in [3.63, 3.8) is 0 Å². The predicted octanol–water partition coefficient (Wildman–Crippen LogP) is 4.30. The van der Waals surface area contributed by atoms with Gasteiger partial charge in [0.2, 0.25) is 0 Å². The van der Waals surface area contributed by atoms with E-state index in [0.717, 1.165) is 24.2 Å². The molecule has 3 rings (SSSR count). The van der Waals surface area contributed by atoms with Gasteiger partial charge in [0.05, 0.1) is 29.7 Å². The fourth-order valence-corrected chi connectivity index (χ4v) is 4.10. The quantitative estimate of drug-likeness (QED) is 0.231. The number of likely N-dealkylation sites (N-methyl/N-ethyl adjacent to an activating group) is 2. The third kappa shape index (κ3) is 8.43. The summed E-state index contributed by atoms with van der Waals surface area (Å²) >= 11 is 0. The number of hydrazine groups is 1. The Morgan fingerprint density at radius 1 is 1.10 bits per heavy atom. The predicted molar refractivity (Wildman–Crippen MR) is 155 cm³/mol. The molecule has 1 heterocycles. The monoisotopic (exact) mass is 571 g/mol. The highest BCUT2D eigenvalue weighted by Gasteiger charge is 2.33. The molecule has 0 unspecified atom stereocenters. The lowest BCUT2D eigenvalue weighted by molar-refractivity contribution is -0.137. The van der Waals surface area contributed by atoms with E-state index >= 15 is 0 Å². The van der Waals surface area contributed by atoms with E-state index in [2.05, 4.69) is 10.3 Å². The number of hydrogen-bond acceptors (Lipinski definition) is 8. The molecule has 5 N–H and O–H groups in total. The average Bonchev–Trinajstić information content (AvgIpc) is 2.91. The Balaban J connectivity index is 1.93. The van der Waals surface area contributed by atoms with Gasteiger partial charge in [-0.1, -0.05) is 6.07 Å². The lowest BCUT2D eigenvalue weighted by atomic mass is 10.1. The number of methoxy groups -OCH3 is 1. The molecule has 1 aromatic heterocycles. The number of carbonyl (C=O) groups is 1. The first kappa shape index (κ1) is 31.4. The van der Waals surface area contributed by atoms with Gasteiger partial charge in [-0.05, 0) is 70.0 Å². The summed E-state index contributed by atoms with van der Waals surface area (Å²) in [5.41, 5.74) is 7.90. The fraction of sp³-hybridized carbons (Fsp3) is 0.310. The summed E-state index contributed by atoms with van der Waals surface area (Å²) in [6.07, 6.45) is 0.0818. The lowest BCUT2D eigenvalue weighted by Gasteiger charge is -2.23. The molecular formula is C29H36F3N7O2. The molecule has 0 saturated carbocycles. The third-order valence-corrected chi connectivity index (χ3v) is 6.34. The number of anilines is 2. The van der Waals surface area contributed by atoms with Crippen molar-refractivity contribution in [3.05, 3.63) is 88.9 Å². The molecule has 0 saturated heterocycles. The number of hydrogen-bond donors (Lipinski definition) is 3. The first-order chi connectivity index (χ1) is 19.3. The lowest BCUT2D eigenvalue weighted by Crippen LogP contribution is -2.28. The van der Waals surface area contributed by atoms with E-state index in [9.17, 15) is 18.0 Å². The Labute approximate surface area is 238 Å². The molecule has 0 aliphatic carbocycles. The van der Waals surface area contributed by atoms with Crippen LogP contribution in [0.4, 0.5) is 24.5 Å². The van der Waals surface area contributed by atoms with E-state index in [1.54, 1.807) is 43.6 Å². The van der Waals surface area contributed by atoms with Crippen LogP contribution in [0.2, 0.25) is 0 Å². The van der Waals surface area contributed by atoms with Crippen LogP contribution in [0.3, 0.4) is 0 Å². The zero-order valence-corrected chi connectivity index (χ0v) is 23.8. The molecule has 2 aromatic carbocycles. The average molecular weight is 572 g/mol. The molecule has 1 amide bonds.